The largest absolute Gasteiger partial charge is 0.298 e. The van der Waals surface area contributed by atoms with Crippen LogP contribution in [0.15, 0.2) is 0 Å². The van der Waals surface area contributed by atoms with E-state index in [1.807, 2.05) is 0 Å². The van der Waals surface area contributed by atoms with E-state index in [-0.39, 0.29) is 0 Å². The van der Waals surface area contributed by atoms with Crippen molar-refractivity contribution in [2.45, 2.75) is 38.3 Å². The van der Waals surface area contributed by atoms with Gasteiger partial charge in [0.05, 0.1) is 12.3 Å². The molecule has 70 valence electrons. The van der Waals surface area contributed by atoms with Gasteiger partial charge in [0, 0.05) is 25.2 Å². The molecule has 2 fully saturated rings. The number of hydrogen-bond donors (Lipinski definition) is 4. The lowest BCUT2D eigenvalue weighted by molar-refractivity contribution is 0.161. The summed E-state index contributed by atoms with van der Waals surface area (Å²) in [6.45, 7) is 6.48. The van der Waals surface area contributed by atoms with Crippen molar-refractivity contribution in [2.75, 3.05) is 13.1 Å². The van der Waals surface area contributed by atoms with Crippen LogP contribution in [0.2, 0.25) is 0 Å². The quantitative estimate of drug-likeness (QED) is 0.369. The second-order valence-corrected chi connectivity index (χ2v) is 3.91. The van der Waals surface area contributed by atoms with Crippen molar-refractivity contribution in [1.82, 2.24) is 21.3 Å². The van der Waals surface area contributed by atoms with E-state index in [4.69, 9.17) is 0 Å². The zero-order chi connectivity index (χ0) is 8.55. The van der Waals surface area contributed by atoms with E-state index in [9.17, 15) is 0 Å². The second-order valence-electron chi connectivity index (χ2n) is 3.91. The molecule has 2 aliphatic heterocycles. The van der Waals surface area contributed by atoms with Crippen LogP contribution in [0.4, 0.5) is 0 Å². The molecule has 0 bridgehead atoms. The smallest absolute Gasteiger partial charge is 0.0869 e. The van der Waals surface area contributed by atoms with Crippen molar-refractivity contribution >= 4 is 0 Å². The molecule has 2 heterocycles. The Labute approximate surface area is 73.5 Å². The Kier molecular flexibility index (Phi) is 2.32. The predicted octanol–water partition coefficient (Wildman–Crippen LogP) is -1.20. The third kappa shape index (κ3) is 1.61. The number of fused-ring (bicyclic) bond motifs is 1. The van der Waals surface area contributed by atoms with Crippen molar-refractivity contribution in [2.24, 2.45) is 0 Å². The maximum atomic E-state index is 3.50. The van der Waals surface area contributed by atoms with E-state index in [2.05, 4.69) is 35.1 Å². The van der Waals surface area contributed by atoms with Crippen LogP contribution in [0.5, 0.6) is 0 Å². The highest BCUT2D eigenvalue weighted by atomic mass is 15.3. The Morgan fingerprint density at radius 2 is 1.25 bits per heavy atom. The van der Waals surface area contributed by atoms with Crippen LogP contribution < -0.4 is 21.3 Å². The minimum atomic E-state index is 0.393. The Bertz CT molecular complexity index is 143. The first-order chi connectivity index (χ1) is 5.75. The molecule has 0 saturated carbocycles. The van der Waals surface area contributed by atoms with E-state index in [1.54, 1.807) is 0 Å². The van der Waals surface area contributed by atoms with Gasteiger partial charge >= 0.3 is 0 Å². The monoisotopic (exact) mass is 170 g/mol. The van der Waals surface area contributed by atoms with Gasteiger partial charge in [0.2, 0.25) is 0 Å². The highest BCUT2D eigenvalue weighted by Gasteiger charge is 2.31. The van der Waals surface area contributed by atoms with Gasteiger partial charge in [-0.3, -0.25) is 21.3 Å². The lowest BCUT2D eigenvalue weighted by atomic mass is 10.1. The molecule has 0 aromatic rings. The molecule has 4 nitrogen and oxygen atoms in total. The highest BCUT2D eigenvalue weighted by Crippen LogP contribution is 2.02. The number of nitrogens with one attached hydrogen (secondary N) is 4. The standard InChI is InChI=1S/C8H18N4/c1-5-3-9-8-7(11-5)10-4-6(2)12-8/h5-12H,3-4H2,1-2H3/t5-,6-,7-,8-/m1/s1. The molecule has 2 saturated heterocycles. The minimum Gasteiger partial charge on any atom is -0.298 e. The van der Waals surface area contributed by atoms with Crippen LogP contribution in [0, 0.1) is 0 Å². The van der Waals surface area contributed by atoms with Gasteiger partial charge in [0.25, 0.3) is 0 Å². The maximum absolute atomic E-state index is 3.50. The molecule has 0 aliphatic carbocycles. The van der Waals surface area contributed by atoms with E-state index in [1.165, 1.54) is 0 Å². The first-order valence-electron chi connectivity index (χ1n) is 4.74. The van der Waals surface area contributed by atoms with Crippen LogP contribution in [0.1, 0.15) is 13.8 Å². The van der Waals surface area contributed by atoms with Gasteiger partial charge in [-0.15, -0.1) is 0 Å². The zero-order valence-electron chi connectivity index (χ0n) is 7.72. The van der Waals surface area contributed by atoms with Gasteiger partial charge in [-0.25, -0.2) is 0 Å². The van der Waals surface area contributed by atoms with Crippen molar-refractivity contribution in [1.29, 1.82) is 0 Å². The third-order valence-electron chi connectivity index (χ3n) is 2.55. The molecule has 0 aromatic heterocycles. The molecule has 4 heteroatoms. The molecule has 4 N–H and O–H groups in total. The molecule has 0 radical (unpaired) electrons. The first-order valence-corrected chi connectivity index (χ1v) is 4.74. The van der Waals surface area contributed by atoms with Crippen LogP contribution in [-0.2, 0) is 0 Å². The Hall–Kier alpha value is -0.160. The van der Waals surface area contributed by atoms with Crippen LogP contribution in [0.25, 0.3) is 0 Å². The summed E-state index contributed by atoms with van der Waals surface area (Å²) in [6, 6.07) is 1.13. The summed E-state index contributed by atoms with van der Waals surface area (Å²) in [7, 11) is 0. The minimum absolute atomic E-state index is 0.393. The van der Waals surface area contributed by atoms with Gasteiger partial charge in [0.15, 0.2) is 0 Å². The summed E-state index contributed by atoms with van der Waals surface area (Å²) in [5, 5.41) is 13.9. The van der Waals surface area contributed by atoms with Crippen molar-refractivity contribution < 1.29 is 0 Å². The predicted molar refractivity (Wildman–Crippen MR) is 48.8 cm³/mol. The molecule has 0 spiro atoms. The molecule has 0 aromatic carbocycles. The van der Waals surface area contributed by atoms with Crippen LogP contribution in [-0.4, -0.2) is 37.5 Å². The average molecular weight is 170 g/mol. The lowest BCUT2D eigenvalue weighted by Gasteiger charge is -2.43. The van der Waals surface area contributed by atoms with E-state index in [0.717, 1.165) is 13.1 Å². The summed E-state index contributed by atoms with van der Waals surface area (Å²) >= 11 is 0. The fourth-order valence-electron chi connectivity index (χ4n) is 1.88. The fraction of sp³-hybridized carbons (Fsp3) is 1.00. The molecule has 2 rings (SSSR count). The summed E-state index contributed by atoms with van der Waals surface area (Å²) in [5.41, 5.74) is 0. The van der Waals surface area contributed by atoms with Crippen LogP contribution >= 0.6 is 0 Å². The van der Waals surface area contributed by atoms with Crippen molar-refractivity contribution in [3.63, 3.8) is 0 Å². The Morgan fingerprint density at radius 3 is 1.67 bits per heavy atom. The highest BCUT2D eigenvalue weighted by molar-refractivity contribution is 4.92. The Balaban J connectivity index is 1.94. The second kappa shape index (κ2) is 3.30. The lowest BCUT2D eigenvalue weighted by Crippen LogP contribution is -2.74. The molecular formula is C8H18N4. The number of piperazine rings is 2. The summed E-state index contributed by atoms with van der Waals surface area (Å²) in [4.78, 5) is 0. The van der Waals surface area contributed by atoms with Crippen molar-refractivity contribution in [3.05, 3.63) is 0 Å². The molecule has 0 unspecified atom stereocenters. The summed E-state index contributed by atoms with van der Waals surface area (Å²) in [5.74, 6) is 0. The SMILES string of the molecule is C[C@@H]1CN[C@@H]2N[C@H](C)CN[C@@H]2N1. The van der Waals surface area contributed by atoms with E-state index < -0.39 is 0 Å². The third-order valence-corrected chi connectivity index (χ3v) is 2.55. The van der Waals surface area contributed by atoms with E-state index >= 15 is 0 Å². The van der Waals surface area contributed by atoms with Gasteiger partial charge in [-0.05, 0) is 13.8 Å². The van der Waals surface area contributed by atoms with Gasteiger partial charge in [-0.2, -0.15) is 0 Å². The van der Waals surface area contributed by atoms with Gasteiger partial charge in [-0.1, -0.05) is 0 Å². The average Bonchev–Trinajstić information content (AvgIpc) is 2.05. The normalized spacial score (nSPS) is 48.5. The molecule has 4 atom stereocenters. The summed E-state index contributed by atoms with van der Waals surface area (Å²) < 4.78 is 0. The summed E-state index contributed by atoms with van der Waals surface area (Å²) in [6.07, 6.45) is 0.787. The topological polar surface area (TPSA) is 48.1 Å². The fourth-order valence-corrected chi connectivity index (χ4v) is 1.88. The van der Waals surface area contributed by atoms with Crippen LogP contribution in [0.3, 0.4) is 0 Å². The van der Waals surface area contributed by atoms with E-state index in [0.29, 0.717) is 24.4 Å². The van der Waals surface area contributed by atoms with Gasteiger partial charge < -0.3 is 0 Å². The zero-order valence-corrected chi connectivity index (χ0v) is 7.72. The molecule has 2 aliphatic rings. The maximum Gasteiger partial charge on any atom is 0.0869 e. The number of hydrogen-bond acceptors (Lipinski definition) is 4. The molecule has 12 heavy (non-hydrogen) atoms. The molecule has 0 amide bonds. The Morgan fingerprint density at radius 1 is 0.833 bits per heavy atom. The number of rotatable bonds is 0. The van der Waals surface area contributed by atoms with Gasteiger partial charge in [0.1, 0.15) is 0 Å². The first kappa shape index (κ1) is 8.44. The molecular weight excluding hydrogens is 152 g/mol. The van der Waals surface area contributed by atoms with Crippen molar-refractivity contribution in [3.8, 4) is 0 Å².